The molecule has 0 amide bonds. The number of aryl methyl sites for hydroxylation is 2. The van der Waals surface area contributed by atoms with Crippen LogP contribution < -0.4 is 4.74 Å². The number of benzene rings is 1. The van der Waals surface area contributed by atoms with Gasteiger partial charge in [0.2, 0.25) is 0 Å². The first-order valence-electron chi connectivity index (χ1n) is 6.34. The lowest BCUT2D eigenvalue weighted by Crippen LogP contribution is -1.99. The van der Waals surface area contributed by atoms with Crippen LogP contribution >= 0.6 is 0 Å². The van der Waals surface area contributed by atoms with E-state index in [1.165, 1.54) is 5.56 Å². The maximum Gasteiger partial charge on any atom is 0.122 e. The average molecular weight is 244 g/mol. The number of aromatic nitrogens is 2. The van der Waals surface area contributed by atoms with Crippen molar-refractivity contribution in [1.29, 1.82) is 0 Å². The summed E-state index contributed by atoms with van der Waals surface area (Å²) in [7, 11) is 1.72. The van der Waals surface area contributed by atoms with Crippen LogP contribution in [0.3, 0.4) is 0 Å². The summed E-state index contributed by atoms with van der Waals surface area (Å²) in [5, 5.41) is 7.25. The van der Waals surface area contributed by atoms with E-state index in [9.17, 15) is 0 Å². The highest BCUT2D eigenvalue weighted by molar-refractivity contribution is 5.35. The van der Waals surface area contributed by atoms with Crippen molar-refractivity contribution in [2.24, 2.45) is 0 Å². The van der Waals surface area contributed by atoms with E-state index in [4.69, 9.17) is 4.74 Å². The van der Waals surface area contributed by atoms with Gasteiger partial charge in [-0.25, -0.2) is 0 Å². The Labute approximate surface area is 108 Å². The van der Waals surface area contributed by atoms with Gasteiger partial charge in [-0.1, -0.05) is 25.1 Å². The second-order valence-corrected chi connectivity index (χ2v) is 4.72. The van der Waals surface area contributed by atoms with E-state index in [1.54, 1.807) is 7.11 Å². The van der Waals surface area contributed by atoms with Gasteiger partial charge in [0.05, 0.1) is 12.8 Å². The molecule has 1 atom stereocenters. The van der Waals surface area contributed by atoms with Gasteiger partial charge in [-0.15, -0.1) is 0 Å². The standard InChI is InChI=1S/C15H20N2O/c1-11(8-9-13-10-12(2)16-17-13)14-6-4-5-7-15(14)18-3/h4-7,10-11H,8-9H2,1-3H3,(H,16,17). The number of ether oxygens (including phenoxy) is 1. The number of hydrogen-bond donors (Lipinski definition) is 1. The normalized spacial score (nSPS) is 12.4. The number of aromatic amines is 1. The first kappa shape index (κ1) is 12.7. The van der Waals surface area contributed by atoms with E-state index < -0.39 is 0 Å². The second kappa shape index (κ2) is 5.71. The van der Waals surface area contributed by atoms with E-state index in [0.29, 0.717) is 5.92 Å². The van der Waals surface area contributed by atoms with Crippen molar-refractivity contribution in [3.05, 3.63) is 47.3 Å². The van der Waals surface area contributed by atoms with Gasteiger partial charge in [-0.2, -0.15) is 5.10 Å². The Hall–Kier alpha value is -1.77. The Morgan fingerprint density at radius 1 is 1.33 bits per heavy atom. The molecule has 0 aliphatic rings. The highest BCUT2D eigenvalue weighted by atomic mass is 16.5. The molecule has 1 aromatic carbocycles. The van der Waals surface area contributed by atoms with Gasteiger partial charge in [0.15, 0.2) is 0 Å². The Morgan fingerprint density at radius 2 is 2.11 bits per heavy atom. The molecule has 0 radical (unpaired) electrons. The number of hydrogen-bond acceptors (Lipinski definition) is 2. The molecule has 0 aliphatic carbocycles. The molecule has 1 N–H and O–H groups in total. The molecule has 18 heavy (non-hydrogen) atoms. The van der Waals surface area contributed by atoms with E-state index in [0.717, 1.165) is 30.0 Å². The SMILES string of the molecule is COc1ccccc1C(C)CCc1cc(C)[nH]n1. The summed E-state index contributed by atoms with van der Waals surface area (Å²) in [6.07, 6.45) is 2.06. The number of nitrogens with one attached hydrogen (secondary N) is 1. The average Bonchev–Trinajstić information content (AvgIpc) is 2.81. The van der Waals surface area contributed by atoms with E-state index in [2.05, 4.69) is 35.3 Å². The maximum absolute atomic E-state index is 5.40. The number of rotatable bonds is 5. The molecule has 1 unspecified atom stereocenters. The summed E-state index contributed by atoms with van der Waals surface area (Å²) in [6, 6.07) is 10.3. The van der Waals surface area contributed by atoms with Crippen molar-refractivity contribution in [3.63, 3.8) is 0 Å². The van der Waals surface area contributed by atoms with Gasteiger partial charge in [0.25, 0.3) is 0 Å². The van der Waals surface area contributed by atoms with Crippen LogP contribution in [-0.2, 0) is 6.42 Å². The quantitative estimate of drug-likeness (QED) is 0.874. The van der Waals surface area contributed by atoms with Crippen molar-refractivity contribution in [2.45, 2.75) is 32.6 Å². The van der Waals surface area contributed by atoms with Crippen LogP contribution in [0.2, 0.25) is 0 Å². The van der Waals surface area contributed by atoms with Crippen molar-refractivity contribution in [3.8, 4) is 5.75 Å². The van der Waals surface area contributed by atoms with Crippen LogP contribution in [0.1, 0.15) is 36.2 Å². The maximum atomic E-state index is 5.40. The van der Waals surface area contributed by atoms with Gasteiger partial charge in [-0.05, 0) is 43.4 Å². The molecule has 2 aromatic rings. The lowest BCUT2D eigenvalue weighted by molar-refractivity contribution is 0.405. The zero-order valence-electron chi connectivity index (χ0n) is 11.2. The molecule has 96 valence electrons. The van der Waals surface area contributed by atoms with Crippen molar-refractivity contribution >= 4 is 0 Å². The molecule has 3 heteroatoms. The fraction of sp³-hybridized carbons (Fsp3) is 0.400. The van der Waals surface area contributed by atoms with Crippen LogP contribution in [0.25, 0.3) is 0 Å². The Morgan fingerprint density at radius 3 is 2.78 bits per heavy atom. The lowest BCUT2D eigenvalue weighted by Gasteiger charge is -2.14. The predicted octanol–water partition coefficient (Wildman–Crippen LogP) is 3.46. The summed E-state index contributed by atoms with van der Waals surface area (Å²) in [4.78, 5) is 0. The number of nitrogens with zero attached hydrogens (tertiary/aromatic N) is 1. The van der Waals surface area contributed by atoms with Gasteiger partial charge in [0, 0.05) is 5.69 Å². The first-order valence-corrected chi connectivity index (χ1v) is 6.34. The van der Waals surface area contributed by atoms with Crippen molar-refractivity contribution in [2.75, 3.05) is 7.11 Å². The number of H-pyrrole nitrogens is 1. The highest BCUT2D eigenvalue weighted by Crippen LogP contribution is 2.29. The fourth-order valence-corrected chi connectivity index (χ4v) is 2.20. The minimum Gasteiger partial charge on any atom is -0.496 e. The smallest absolute Gasteiger partial charge is 0.122 e. The van der Waals surface area contributed by atoms with Gasteiger partial charge < -0.3 is 4.74 Å². The molecule has 1 heterocycles. The Balaban J connectivity index is 2.01. The fourth-order valence-electron chi connectivity index (χ4n) is 2.20. The van der Waals surface area contributed by atoms with E-state index in [-0.39, 0.29) is 0 Å². The zero-order valence-corrected chi connectivity index (χ0v) is 11.2. The Bertz CT molecular complexity index is 505. The largest absolute Gasteiger partial charge is 0.496 e. The van der Waals surface area contributed by atoms with Crippen LogP contribution in [0.15, 0.2) is 30.3 Å². The molecule has 0 bridgehead atoms. The summed E-state index contributed by atoms with van der Waals surface area (Å²) in [5.74, 6) is 1.45. The summed E-state index contributed by atoms with van der Waals surface area (Å²) < 4.78 is 5.40. The molecule has 0 fully saturated rings. The van der Waals surface area contributed by atoms with Gasteiger partial charge in [0.1, 0.15) is 5.75 Å². The highest BCUT2D eigenvalue weighted by Gasteiger charge is 2.11. The van der Waals surface area contributed by atoms with Crippen LogP contribution in [-0.4, -0.2) is 17.3 Å². The first-order chi connectivity index (χ1) is 8.70. The van der Waals surface area contributed by atoms with Crippen molar-refractivity contribution in [1.82, 2.24) is 10.2 Å². The predicted molar refractivity (Wildman–Crippen MR) is 73.1 cm³/mol. The third-order valence-corrected chi connectivity index (χ3v) is 3.26. The molecule has 0 saturated carbocycles. The summed E-state index contributed by atoms with van der Waals surface area (Å²) in [6.45, 7) is 4.26. The van der Waals surface area contributed by atoms with Gasteiger partial charge >= 0.3 is 0 Å². The zero-order chi connectivity index (χ0) is 13.0. The van der Waals surface area contributed by atoms with Crippen LogP contribution in [0.5, 0.6) is 5.75 Å². The van der Waals surface area contributed by atoms with Crippen LogP contribution in [0.4, 0.5) is 0 Å². The third kappa shape index (κ3) is 2.92. The molecule has 2 rings (SSSR count). The molecule has 0 spiro atoms. The molecule has 1 aromatic heterocycles. The number of methoxy groups -OCH3 is 1. The van der Waals surface area contributed by atoms with E-state index >= 15 is 0 Å². The van der Waals surface area contributed by atoms with Crippen molar-refractivity contribution < 1.29 is 4.74 Å². The molecule has 0 saturated heterocycles. The third-order valence-electron chi connectivity index (χ3n) is 3.26. The topological polar surface area (TPSA) is 37.9 Å². The molecule has 0 aliphatic heterocycles. The van der Waals surface area contributed by atoms with E-state index in [1.807, 2.05) is 19.1 Å². The van der Waals surface area contributed by atoms with Gasteiger partial charge in [-0.3, -0.25) is 5.10 Å². The summed E-state index contributed by atoms with van der Waals surface area (Å²) >= 11 is 0. The Kier molecular flexibility index (Phi) is 4.03. The lowest BCUT2D eigenvalue weighted by atomic mass is 9.94. The molecular weight excluding hydrogens is 224 g/mol. The minimum absolute atomic E-state index is 0.471. The number of para-hydroxylation sites is 1. The monoisotopic (exact) mass is 244 g/mol. The van der Waals surface area contributed by atoms with Crippen LogP contribution in [0, 0.1) is 6.92 Å². The second-order valence-electron chi connectivity index (χ2n) is 4.72. The minimum atomic E-state index is 0.471. The molecular formula is C15H20N2O. The molecule has 3 nitrogen and oxygen atoms in total. The summed E-state index contributed by atoms with van der Waals surface area (Å²) in [5.41, 5.74) is 3.52.